The van der Waals surface area contributed by atoms with E-state index in [-0.39, 0.29) is 71.2 Å². The van der Waals surface area contributed by atoms with Gasteiger partial charge in [-0.05, 0) is 199 Å². The van der Waals surface area contributed by atoms with Crippen LogP contribution in [-0.2, 0) is 12.6 Å². The summed E-state index contributed by atoms with van der Waals surface area (Å²) in [6.07, 6.45) is 0. The van der Waals surface area contributed by atoms with E-state index >= 15 is 0 Å². The summed E-state index contributed by atoms with van der Waals surface area (Å²) in [5.74, 6) is 0. The van der Waals surface area contributed by atoms with Gasteiger partial charge in [0.05, 0.1) is 0 Å². The van der Waals surface area contributed by atoms with Gasteiger partial charge < -0.3 is 37.3 Å². The molecule has 0 amide bonds. The summed E-state index contributed by atoms with van der Waals surface area (Å²) < 4.78 is 1.57. The molecule has 9 heteroatoms. The molecule has 0 aliphatic carbocycles. The SMILES string of the molecule is C.CC(=S)Sc1c(C)c(C)c(C)c(C)c1C.CC(=S)[S-].Cc1c(C)c(C)c(N=[NH2+])c(C)c1C.Cc1c(C)c(C)c(S)c(C)c1C.[Cl-].[K+]. The molecule has 0 saturated heterocycles. The van der Waals surface area contributed by atoms with Gasteiger partial charge in [-0.1, -0.05) is 38.3 Å². The summed E-state index contributed by atoms with van der Waals surface area (Å²) in [7, 11) is 0. The van der Waals surface area contributed by atoms with E-state index in [4.69, 9.17) is 17.7 Å². The quantitative estimate of drug-likeness (QED) is 0.0866. The first-order chi connectivity index (χ1) is 20.1. The fourth-order valence-corrected chi connectivity index (χ4v) is 6.40. The largest absolute Gasteiger partial charge is 1.00 e. The molecule has 0 aliphatic rings. The first kappa shape index (κ1) is 54.1. The number of rotatable bonds is 2. The Labute approximate surface area is 363 Å². The average molecular weight is 778 g/mol. The third-order valence-corrected chi connectivity index (χ3v) is 11.3. The van der Waals surface area contributed by atoms with Crippen molar-refractivity contribution in [2.24, 2.45) is 5.11 Å². The third-order valence-electron chi connectivity index (χ3n) is 9.23. The van der Waals surface area contributed by atoms with Gasteiger partial charge in [0.25, 0.3) is 0 Å². The van der Waals surface area contributed by atoms with Crippen molar-refractivity contribution in [3.05, 3.63) is 83.5 Å². The van der Waals surface area contributed by atoms with Crippen LogP contribution in [0.15, 0.2) is 14.9 Å². The van der Waals surface area contributed by atoms with Gasteiger partial charge in [-0.15, -0.1) is 12.6 Å². The number of nitrogens with two attached hydrogens (primary N) is 1. The molecule has 258 valence electrons. The van der Waals surface area contributed by atoms with Crippen molar-refractivity contribution in [2.75, 3.05) is 0 Å². The van der Waals surface area contributed by atoms with E-state index < -0.39 is 0 Å². The topological polar surface area (TPSA) is 38.0 Å². The summed E-state index contributed by atoms with van der Waals surface area (Å²) in [5, 5.41) is 3.83. The van der Waals surface area contributed by atoms with E-state index in [9.17, 15) is 0 Å². The number of thiol groups is 1. The minimum atomic E-state index is 0. The molecule has 0 atom stereocenters. The minimum absolute atomic E-state index is 0. The van der Waals surface area contributed by atoms with Crippen molar-refractivity contribution >= 4 is 75.5 Å². The molecule has 0 bridgehead atoms. The smallest absolute Gasteiger partial charge is 1.00 e. The zero-order chi connectivity index (χ0) is 35.0. The molecule has 0 unspecified atom stereocenters. The fraction of sp³-hybridized carbons (Fsp3) is 0.474. The number of hydrogen-bond donors (Lipinski definition) is 2. The first-order valence-electron chi connectivity index (χ1n) is 14.7. The Morgan fingerprint density at radius 3 is 1.00 bits per heavy atom. The Hall–Kier alpha value is 0.286. The number of thioether (sulfide) groups is 1. The molecular weight excluding hydrogens is 719 g/mol. The Kier molecular flexibility index (Phi) is 28.1. The van der Waals surface area contributed by atoms with Crippen LogP contribution in [0.25, 0.3) is 0 Å². The molecule has 0 aromatic heterocycles. The monoisotopic (exact) mass is 776 g/mol. The maximum absolute atomic E-state index is 5.36. The van der Waals surface area contributed by atoms with Crippen molar-refractivity contribution in [1.29, 1.82) is 0 Å². The molecule has 0 fully saturated rings. The predicted molar refractivity (Wildman–Crippen MR) is 218 cm³/mol. The van der Waals surface area contributed by atoms with E-state index in [1.54, 1.807) is 18.7 Å². The van der Waals surface area contributed by atoms with Gasteiger partial charge in [0.2, 0.25) is 0 Å². The van der Waals surface area contributed by atoms with Crippen LogP contribution < -0.4 is 69.3 Å². The van der Waals surface area contributed by atoms with Gasteiger partial charge in [-0.3, -0.25) is 0 Å². The van der Waals surface area contributed by atoms with Crippen LogP contribution in [0.4, 0.5) is 5.69 Å². The zero-order valence-corrected chi connectivity index (χ0v) is 39.5. The van der Waals surface area contributed by atoms with E-state index in [1.807, 2.05) is 6.92 Å². The Balaban J connectivity index is -0.000000272. The second-order valence-electron chi connectivity index (χ2n) is 11.6. The number of thiocarbonyl (C=S) groups is 2. The molecule has 0 radical (unpaired) electrons. The molecular formula is C38H58ClKN2S5. The van der Waals surface area contributed by atoms with E-state index in [2.05, 4.69) is 146 Å². The van der Waals surface area contributed by atoms with E-state index in [1.165, 1.54) is 88.3 Å². The van der Waals surface area contributed by atoms with Crippen LogP contribution in [0.1, 0.15) is 105 Å². The minimum Gasteiger partial charge on any atom is -1.00 e. The third kappa shape index (κ3) is 14.8. The summed E-state index contributed by atoms with van der Waals surface area (Å²) in [6.45, 7) is 36.0. The number of halogens is 1. The van der Waals surface area contributed by atoms with Gasteiger partial charge in [0.15, 0.2) is 0 Å². The van der Waals surface area contributed by atoms with Gasteiger partial charge >= 0.3 is 51.4 Å². The standard InChI is InChI=1S/C13H18S2.C11H16N2.C11H16S.C2H4S2.CH4.ClH.K/c1-7-8(2)10(4)13(15-12(6)14)11(5)9(7)3;1-6-7(2)9(4)11(13-12)10(5)8(6)3;1-6-7(2)9(4)11(12)10(5)8(6)3;1-2(3)4;;;/h1-6H3;12H,1-5H3;12H,1-5H3;1H3,(H,3,4);1H4;1H;/q;;;;;;+1/p-1. The fourth-order valence-electron chi connectivity index (χ4n) is 4.92. The second kappa shape index (κ2) is 24.5. The predicted octanol–water partition coefficient (Wildman–Crippen LogP) is 5.78. The maximum Gasteiger partial charge on any atom is 1.00 e. The van der Waals surface area contributed by atoms with Crippen molar-refractivity contribution in [2.45, 2.75) is 135 Å². The number of hydrogen-bond acceptors (Lipinski definition) is 6. The number of benzene rings is 3. The van der Waals surface area contributed by atoms with E-state index in [0.29, 0.717) is 4.20 Å². The summed E-state index contributed by atoms with van der Waals surface area (Å²) in [4.78, 5) is 2.50. The van der Waals surface area contributed by atoms with Crippen molar-refractivity contribution in [3.63, 3.8) is 0 Å². The van der Waals surface area contributed by atoms with Crippen LogP contribution in [0.3, 0.4) is 0 Å². The molecule has 0 aliphatic heterocycles. The molecule has 0 spiro atoms. The van der Waals surface area contributed by atoms with E-state index in [0.717, 1.165) is 14.8 Å². The maximum atomic E-state index is 5.36. The van der Waals surface area contributed by atoms with Crippen molar-refractivity contribution in [1.82, 2.24) is 0 Å². The Bertz CT molecular complexity index is 1410. The molecule has 0 saturated carbocycles. The zero-order valence-electron chi connectivity index (χ0n) is 31.5. The Morgan fingerprint density at radius 2 is 0.766 bits per heavy atom. The van der Waals surface area contributed by atoms with Gasteiger partial charge in [-0.2, -0.15) is 9.73 Å². The van der Waals surface area contributed by atoms with Crippen LogP contribution in [0.5, 0.6) is 0 Å². The van der Waals surface area contributed by atoms with Gasteiger partial charge in [0.1, 0.15) is 5.69 Å². The molecule has 3 aromatic carbocycles. The molecule has 3 aromatic rings. The molecule has 3 rings (SSSR count). The molecule has 2 N–H and O–H groups in total. The van der Waals surface area contributed by atoms with Crippen LogP contribution in [0.2, 0.25) is 0 Å². The van der Waals surface area contributed by atoms with Crippen LogP contribution in [-0.4, -0.2) is 8.39 Å². The normalized spacial score (nSPS) is 9.40. The first-order valence-corrected chi connectivity index (χ1v) is 17.2. The van der Waals surface area contributed by atoms with Crippen molar-refractivity contribution < 1.29 is 69.3 Å². The van der Waals surface area contributed by atoms with Crippen LogP contribution >= 0.6 is 48.8 Å². The Morgan fingerprint density at radius 1 is 0.553 bits per heavy atom. The van der Waals surface area contributed by atoms with Gasteiger partial charge in [-0.25, -0.2) is 0 Å². The second-order valence-corrected chi connectivity index (χ2v) is 15.6. The van der Waals surface area contributed by atoms with Crippen molar-refractivity contribution in [3.8, 4) is 0 Å². The van der Waals surface area contributed by atoms with Crippen LogP contribution in [0, 0.1) is 104 Å². The molecule has 47 heavy (non-hydrogen) atoms. The number of nitrogens with zero attached hydrogens (tertiary/aromatic N) is 1. The summed E-state index contributed by atoms with van der Waals surface area (Å²) in [5.41, 5.74) is 26.4. The molecule has 0 heterocycles. The van der Waals surface area contributed by atoms with Gasteiger partial charge in [0, 0.05) is 14.0 Å². The summed E-state index contributed by atoms with van der Waals surface area (Å²) in [6, 6.07) is 0. The average Bonchev–Trinajstić information content (AvgIpc) is 2.96. The summed E-state index contributed by atoms with van der Waals surface area (Å²) >= 11 is 20.1. The molecule has 2 nitrogen and oxygen atoms in total.